The quantitative estimate of drug-likeness (QED) is 0.716. The fraction of sp³-hybridized carbons (Fsp3) is 0.429. The van der Waals surface area contributed by atoms with Crippen LogP contribution in [0.4, 0.5) is 0 Å². The van der Waals surface area contributed by atoms with Gasteiger partial charge < -0.3 is 5.32 Å². The van der Waals surface area contributed by atoms with Gasteiger partial charge in [0.2, 0.25) is 0 Å². The fourth-order valence-corrected chi connectivity index (χ4v) is 1.90. The lowest BCUT2D eigenvalue weighted by molar-refractivity contribution is 0.758. The topological polar surface area (TPSA) is 12.0 Å². The van der Waals surface area contributed by atoms with Gasteiger partial charge in [0.25, 0.3) is 0 Å². The van der Waals surface area contributed by atoms with Crippen LogP contribution in [0.25, 0.3) is 0 Å². The standard InChI is InChI=1S/C14H19N/c1-11-3-7-13(8-4-11)15-14-9-5-12(2)6-10-14/h3,5,7,9,15H,4,6,8,10H2,1-2H3. The van der Waals surface area contributed by atoms with Gasteiger partial charge in [-0.3, -0.25) is 0 Å². The number of allylic oxidation sites excluding steroid dienone is 8. The van der Waals surface area contributed by atoms with Crippen molar-refractivity contribution in [2.75, 3.05) is 0 Å². The van der Waals surface area contributed by atoms with E-state index in [1.165, 1.54) is 35.4 Å². The highest BCUT2D eigenvalue weighted by Gasteiger charge is 2.07. The van der Waals surface area contributed by atoms with E-state index in [0.29, 0.717) is 0 Å². The molecule has 0 spiro atoms. The molecule has 15 heavy (non-hydrogen) atoms. The van der Waals surface area contributed by atoms with Crippen molar-refractivity contribution < 1.29 is 0 Å². The number of hydrogen-bond acceptors (Lipinski definition) is 1. The first-order valence-electron chi connectivity index (χ1n) is 5.74. The molecule has 0 bridgehead atoms. The summed E-state index contributed by atoms with van der Waals surface area (Å²) in [7, 11) is 0. The Morgan fingerprint density at radius 1 is 0.733 bits per heavy atom. The summed E-state index contributed by atoms with van der Waals surface area (Å²) in [5.41, 5.74) is 5.68. The van der Waals surface area contributed by atoms with Crippen LogP contribution < -0.4 is 5.32 Å². The van der Waals surface area contributed by atoms with Crippen LogP contribution in [0.1, 0.15) is 39.5 Å². The van der Waals surface area contributed by atoms with E-state index >= 15 is 0 Å². The molecule has 1 N–H and O–H groups in total. The Hall–Kier alpha value is -1.24. The molecule has 0 radical (unpaired) electrons. The zero-order valence-electron chi connectivity index (χ0n) is 9.64. The van der Waals surface area contributed by atoms with Crippen LogP contribution in [0, 0.1) is 0 Å². The molecule has 0 aromatic rings. The van der Waals surface area contributed by atoms with E-state index in [4.69, 9.17) is 0 Å². The van der Waals surface area contributed by atoms with Gasteiger partial charge in [0, 0.05) is 11.4 Å². The molecule has 0 aromatic heterocycles. The zero-order chi connectivity index (χ0) is 10.7. The summed E-state index contributed by atoms with van der Waals surface area (Å²) >= 11 is 0. The van der Waals surface area contributed by atoms with E-state index in [1.54, 1.807) is 0 Å². The van der Waals surface area contributed by atoms with E-state index < -0.39 is 0 Å². The molecule has 0 aromatic carbocycles. The SMILES string of the molecule is CC1=CC=C(NC2=CC=C(C)CC2)CC1. The zero-order valence-corrected chi connectivity index (χ0v) is 9.64. The lowest BCUT2D eigenvalue weighted by Gasteiger charge is -2.19. The lowest BCUT2D eigenvalue weighted by atomic mass is 10.0. The van der Waals surface area contributed by atoms with Crippen LogP contribution >= 0.6 is 0 Å². The van der Waals surface area contributed by atoms with Gasteiger partial charge in [0.1, 0.15) is 0 Å². The van der Waals surface area contributed by atoms with Crippen LogP contribution in [0.5, 0.6) is 0 Å². The molecule has 0 unspecified atom stereocenters. The minimum Gasteiger partial charge on any atom is -0.362 e. The van der Waals surface area contributed by atoms with Crippen molar-refractivity contribution in [1.82, 2.24) is 5.32 Å². The van der Waals surface area contributed by atoms with E-state index in [-0.39, 0.29) is 0 Å². The lowest BCUT2D eigenvalue weighted by Crippen LogP contribution is -2.15. The third kappa shape index (κ3) is 2.85. The summed E-state index contributed by atoms with van der Waals surface area (Å²) in [4.78, 5) is 0. The van der Waals surface area contributed by atoms with Crippen molar-refractivity contribution in [3.05, 3.63) is 46.8 Å². The maximum atomic E-state index is 3.53. The van der Waals surface area contributed by atoms with Crippen LogP contribution in [0.15, 0.2) is 46.8 Å². The molecular weight excluding hydrogens is 182 g/mol. The average Bonchev–Trinajstić information content (AvgIpc) is 2.25. The van der Waals surface area contributed by atoms with E-state index in [2.05, 4.69) is 43.5 Å². The minimum absolute atomic E-state index is 1.16. The summed E-state index contributed by atoms with van der Waals surface area (Å²) in [5.74, 6) is 0. The molecule has 1 heteroatoms. The highest BCUT2D eigenvalue weighted by Crippen LogP contribution is 2.20. The number of rotatable bonds is 2. The summed E-state index contributed by atoms with van der Waals surface area (Å²) in [6.45, 7) is 4.39. The normalized spacial score (nSPS) is 21.2. The maximum Gasteiger partial charge on any atom is 0.0151 e. The van der Waals surface area contributed by atoms with Crippen molar-refractivity contribution in [1.29, 1.82) is 0 Å². The third-order valence-corrected chi connectivity index (χ3v) is 3.04. The first-order chi connectivity index (χ1) is 7.24. The van der Waals surface area contributed by atoms with Crippen LogP contribution in [0.3, 0.4) is 0 Å². The molecule has 0 saturated carbocycles. The van der Waals surface area contributed by atoms with Gasteiger partial charge in [0.15, 0.2) is 0 Å². The van der Waals surface area contributed by atoms with Gasteiger partial charge in [-0.2, -0.15) is 0 Å². The van der Waals surface area contributed by atoms with Crippen molar-refractivity contribution in [3.8, 4) is 0 Å². The molecule has 1 nitrogen and oxygen atoms in total. The minimum atomic E-state index is 1.16. The second-order valence-electron chi connectivity index (χ2n) is 4.53. The van der Waals surface area contributed by atoms with Gasteiger partial charge in [-0.25, -0.2) is 0 Å². The second kappa shape index (κ2) is 4.52. The largest absolute Gasteiger partial charge is 0.362 e. The van der Waals surface area contributed by atoms with Crippen molar-refractivity contribution in [2.45, 2.75) is 39.5 Å². The summed E-state index contributed by atoms with van der Waals surface area (Å²) in [6.07, 6.45) is 13.6. The summed E-state index contributed by atoms with van der Waals surface area (Å²) in [6, 6.07) is 0. The van der Waals surface area contributed by atoms with Crippen molar-refractivity contribution >= 4 is 0 Å². The molecule has 0 atom stereocenters. The van der Waals surface area contributed by atoms with Gasteiger partial charge in [-0.05, 0) is 51.7 Å². The molecule has 2 aliphatic rings. The Kier molecular flexibility index (Phi) is 3.10. The smallest absolute Gasteiger partial charge is 0.0151 e. The van der Waals surface area contributed by atoms with Gasteiger partial charge >= 0.3 is 0 Å². The molecule has 2 rings (SSSR count). The van der Waals surface area contributed by atoms with E-state index in [9.17, 15) is 0 Å². The number of nitrogens with one attached hydrogen (secondary N) is 1. The number of hydrogen-bond donors (Lipinski definition) is 1. The van der Waals surface area contributed by atoms with E-state index in [0.717, 1.165) is 12.8 Å². The Morgan fingerprint density at radius 3 is 1.53 bits per heavy atom. The molecule has 0 heterocycles. The van der Waals surface area contributed by atoms with Gasteiger partial charge in [-0.1, -0.05) is 23.3 Å². The van der Waals surface area contributed by atoms with Crippen molar-refractivity contribution in [3.63, 3.8) is 0 Å². The molecule has 2 aliphatic carbocycles. The monoisotopic (exact) mass is 201 g/mol. The summed E-state index contributed by atoms with van der Waals surface area (Å²) in [5, 5.41) is 3.53. The van der Waals surface area contributed by atoms with Crippen LogP contribution in [-0.2, 0) is 0 Å². The predicted octanol–water partition coefficient (Wildman–Crippen LogP) is 3.82. The molecule has 0 saturated heterocycles. The Balaban J connectivity index is 1.98. The second-order valence-corrected chi connectivity index (χ2v) is 4.53. The third-order valence-electron chi connectivity index (χ3n) is 3.04. The molecular formula is C14H19N. The highest BCUT2D eigenvalue weighted by atomic mass is 14.9. The van der Waals surface area contributed by atoms with Crippen LogP contribution in [-0.4, -0.2) is 0 Å². The molecule has 0 fully saturated rings. The first kappa shape index (κ1) is 10.3. The molecule has 80 valence electrons. The van der Waals surface area contributed by atoms with Crippen molar-refractivity contribution in [2.24, 2.45) is 0 Å². The van der Waals surface area contributed by atoms with Gasteiger partial charge in [-0.15, -0.1) is 0 Å². The Labute approximate surface area is 92.3 Å². The predicted molar refractivity (Wildman–Crippen MR) is 65.3 cm³/mol. The summed E-state index contributed by atoms with van der Waals surface area (Å²) < 4.78 is 0. The molecule has 0 amide bonds. The Bertz CT molecular complexity index is 331. The molecule has 0 aliphatic heterocycles. The fourth-order valence-electron chi connectivity index (χ4n) is 1.90. The maximum absolute atomic E-state index is 3.53. The van der Waals surface area contributed by atoms with Crippen LogP contribution in [0.2, 0.25) is 0 Å². The van der Waals surface area contributed by atoms with Gasteiger partial charge in [0.05, 0.1) is 0 Å². The highest BCUT2D eigenvalue weighted by molar-refractivity contribution is 5.28. The average molecular weight is 201 g/mol. The van der Waals surface area contributed by atoms with E-state index in [1.807, 2.05) is 0 Å². The Morgan fingerprint density at radius 2 is 1.20 bits per heavy atom. The first-order valence-corrected chi connectivity index (χ1v) is 5.74.